The molecule has 2 amide bonds. The van der Waals surface area contributed by atoms with Gasteiger partial charge in [-0.05, 0) is 74.8 Å². The molecule has 8 rings (SSSR count). The van der Waals surface area contributed by atoms with E-state index >= 15 is 0 Å². The second kappa shape index (κ2) is 17.8. The second-order valence-electron chi connectivity index (χ2n) is 17.1. The number of likely N-dealkylation sites (tertiary alicyclic amines) is 1. The van der Waals surface area contributed by atoms with E-state index in [9.17, 15) is 24.9 Å². The number of rotatable bonds is 13. The van der Waals surface area contributed by atoms with Gasteiger partial charge in [0, 0.05) is 43.2 Å². The van der Waals surface area contributed by atoms with Crippen molar-refractivity contribution in [1.29, 1.82) is 5.41 Å². The molecule has 6 heterocycles. The molecule has 2 aromatic carbocycles. The molecule has 0 spiro atoms. The maximum atomic E-state index is 14.1. The van der Waals surface area contributed by atoms with Crippen LogP contribution in [0.4, 0.5) is 5.82 Å². The predicted molar refractivity (Wildman–Crippen MR) is 236 cm³/mol. The zero-order valence-electron chi connectivity index (χ0n) is 35.3. The lowest BCUT2D eigenvalue weighted by Crippen LogP contribution is -2.49. The number of nitrogens with two attached hydrogens (primary N) is 1. The number of phenols is 1. The summed E-state index contributed by atoms with van der Waals surface area (Å²) >= 11 is 1.57. The molecule has 3 saturated heterocycles. The van der Waals surface area contributed by atoms with E-state index in [4.69, 9.17) is 15.9 Å². The number of phenolic OH excluding ortho intramolecular Hbond substituents is 1. The molecule has 326 valence electrons. The van der Waals surface area contributed by atoms with Crippen LogP contribution in [-0.2, 0) is 14.3 Å². The molecule has 2 bridgehead atoms. The Balaban J connectivity index is 0.864. The number of hydrogen-bond acceptors (Lipinski definition) is 14. The van der Waals surface area contributed by atoms with Crippen LogP contribution in [0.5, 0.6) is 5.75 Å². The molecule has 7 N–H and O–H groups in total. The maximum Gasteiger partial charge on any atom is 0.243 e. The summed E-state index contributed by atoms with van der Waals surface area (Å²) in [5.41, 5.74) is 13.4. The monoisotopic (exact) mass is 862 g/mol. The number of para-hydroxylation sites is 1. The van der Waals surface area contributed by atoms with E-state index in [2.05, 4.69) is 30.5 Å². The molecule has 0 aliphatic carbocycles. The largest absolute Gasteiger partial charge is 0.511 e. The number of carbonyl (C=O) groups is 2. The maximum absolute atomic E-state index is 14.1. The topological polar surface area (TPSA) is 229 Å². The van der Waals surface area contributed by atoms with E-state index < -0.39 is 24.0 Å². The second-order valence-corrected chi connectivity index (χ2v) is 17.9. The van der Waals surface area contributed by atoms with Gasteiger partial charge in [-0.2, -0.15) is 5.10 Å². The number of β-amino-alcohol motifs (C(OH)–C–C–N with tert-alkyl or cyclic N) is 1. The predicted octanol–water partition coefficient (Wildman–Crippen LogP) is 5.93. The molecule has 16 nitrogen and oxygen atoms in total. The van der Waals surface area contributed by atoms with Crippen LogP contribution in [-0.4, -0.2) is 112 Å². The molecule has 3 unspecified atom stereocenters. The van der Waals surface area contributed by atoms with Crippen LogP contribution in [0.3, 0.4) is 0 Å². The first-order valence-electron chi connectivity index (χ1n) is 21.2. The molecular formula is C45H54N10O6S. The summed E-state index contributed by atoms with van der Waals surface area (Å²) in [6.07, 6.45) is 4.04. The van der Waals surface area contributed by atoms with E-state index in [-0.39, 0.29) is 73.0 Å². The normalized spacial score (nSPS) is 22.6. The highest BCUT2D eigenvalue weighted by Crippen LogP contribution is 2.42. The highest BCUT2D eigenvalue weighted by Gasteiger charge is 2.44. The molecule has 62 heavy (non-hydrogen) atoms. The molecule has 6 atom stereocenters. The first kappa shape index (κ1) is 42.8. The highest BCUT2D eigenvalue weighted by molar-refractivity contribution is 7.13. The number of aromatic nitrogens is 5. The van der Waals surface area contributed by atoms with Gasteiger partial charge in [-0.25, -0.2) is 4.98 Å². The Morgan fingerprint density at radius 1 is 1.05 bits per heavy atom. The molecule has 17 heteroatoms. The lowest BCUT2D eigenvalue weighted by atomic mass is 9.91. The number of aromatic hydroxyl groups is 1. The summed E-state index contributed by atoms with van der Waals surface area (Å²) in [6.45, 7) is 8.16. The number of amides is 2. The molecule has 5 aromatic rings. The number of aliphatic hydroxyl groups is 2. The van der Waals surface area contributed by atoms with E-state index in [1.54, 1.807) is 43.4 Å². The van der Waals surface area contributed by atoms with E-state index in [1.165, 1.54) is 11.0 Å². The molecule has 3 aliphatic heterocycles. The number of thiazole rings is 1. The average molecular weight is 863 g/mol. The lowest BCUT2D eigenvalue weighted by molar-refractivity contribution is -0.142. The average Bonchev–Trinajstić information content (AvgIpc) is 4.00. The van der Waals surface area contributed by atoms with Gasteiger partial charge in [-0.3, -0.25) is 24.6 Å². The number of aliphatic hydroxyl groups excluding tert-OH is 2. The Morgan fingerprint density at radius 3 is 2.45 bits per heavy atom. The summed E-state index contributed by atoms with van der Waals surface area (Å²) < 4.78 is 7.77. The molecule has 3 aromatic heterocycles. The van der Waals surface area contributed by atoms with Crippen LogP contribution in [0.15, 0.2) is 71.9 Å². The highest BCUT2D eigenvalue weighted by atomic mass is 32.1. The SMILES string of the molecule is Cc1ncsc1-c1ccc([C@H](C)NC(=O)[C@@H]2C[C@@H](O)CN2C(=O)C(/C(O)=C/C(=N)OCCN2C3CCC2CC(n2nc(N)c4nnc(-c5ccccc5O)cc42)C3)C(C)C)cc1. The van der Waals surface area contributed by atoms with Gasteiger partial charge in [0.15, 0.2) is 11.3 Å². The van der Waals surface area contributed by atoms with Crippen LogP contribution in [0.2, 0.25) is 0 Å². The third-order valence-corrected chi connectivity index (χ3v) is 13.6. The third kappa shape index (κ3) is 8.61. The minimum absolute atomic E-state index is 0.0466. The Hall–Kier alpha value is -5.91. The third-order valence-electron chi connectivity index (χ3n) is 12.6. The van der Waals surface area contributed by atoms with E-state index in [1.807, 2.05) is 60.4 Å². The Kier molecular flexibility index (Phi) is 12.3. The number of anilines is 1. The van der Waals surface area contributed by atoms with Gasteiger partial charge in [0.1, 0.15) is 24.2 Å². The van der Waals surface area contributed by atoms with Gasteiger partial charge >= 0.3 is 0 Å². The van der Waals surface area contributed by atoms with Crippen LogP contribution < -0.4 is 11.1 Å². The Bertz CT molecular complexity index is 2470. The van der Waals surface area contributed by atoms with Crippen LogP contribution in [0, 0.1) is 24.2 Å². The van der Waals surface area contributed by atoms with Gasteiger partial charge in [0.2, 0.25) is 17.7 Å². The number of hydrogen-bond donors (Lipinski definition) is 6. The summed E-state index contributed by atoms with van der Waals surface area (Å²) in [5, 5.41) is 57.3. The minimum Gasteiger partial charge on any atom is -0.511 e. The van der Waals surface area contributed by atoms with Gasteiger partial charge in [0.05, 0.1) is 51.4 Å². The number of aryl methyl sites for hydroxylation is 1. The quantitative estimate of drug-likeness (QED) is 0.0460. The van der Waals surface area contributed by atoms with Crippen molar-refractivity contribution < 1.29 is 29.6 Å². The summed E-state index contributed by atoms with van der Waals surface area (Å²) in [4.78, 5) is 36.9. The number of nitrogens with one attached hydrogen (secondary N) is 2. The van der Waals surface area contributed by atoms with E-state index in [0.29, 0.717) is 29.1 Å². The molecule has 0 saturated carbocycles. The number of piperidine rings is 1. The summed E-state index contributed by atoms with van der Waals surface area (Å²) in [5.74, 6) is -2.50. The fraction of sp³-hybridized carbons (Fsp3) is 0.444. The van der Waals surface area contributed by atoms with Gasteiger partial charge in [0.25, 0.3) is 0 Å². The number of ether oxygens (including phenoxy) is 1. The smallest absolute Gasteiger partial charge is 0.243 e. The van der Waals surface area contributed by atoms with Crippen molar-refractivity contribution in [3.63, 3.8) is 0 Å². The first-order chi connectivity index (χ1) is 29.8. The number of benzene rings is 2. The van der Waals surface area contributed by atoms with Crippen LogP contribution in [0.1, 0.15) is 76.2 Å². The van der Waals surface area contributed by atoms with Gasteiger partial charge in [-0.15, -0.1) is 21.5 Å². The van der Waals surface area contributed by atoms with Crippen molar-refractivity contribution in [2.75, 3.05) is 25.4 Å². The fourth-order valence-electron chi connectivity index (χ4n) is 9.53. The van der Waals surface area contributed by atoms with Gasteiger partial charge in [-0.1, -0.05) is 50.2 Å². The number of carbonyl (C=O) groups excluding carboxylic acids is 2. The standard InChI is InChI=1S/C45H54N10O6S/c1-24(2)40(45(60)54-22-32(56)19-36(54)44(59)49-25(3)27-9-11-28(12-10-27)42-26(4)48-23-62-42)38(58)21-39(46)61-16-15-53-29-13-14-30(53)18-31(17-29)55-35-20-34(33-7-5-6-8-37(33)57)50-51-41(35)43(47)52-55/h5-12,20-21,23-25,29-32,36,40,46,56-58H,13-19,22H2,1-4H3,(H2,47,52)(H,49,59)/b38-21-,46-39?/t25-,29?,30?,31?,32+,36-,40?/m0/s1. The minimum atomic E-state index is -1.05. The number of nitrogen functional groups attached to an aromatic ring is 1. The van der Waals surface area contributed by atoms with Crippen molar-refractivity contribution in [3.8, 4) is 27.4 Å². The summed E-state index contributed by atoms with van der Waals surface area (Å²) in [6, 6.07) is 16.1. The molecule has 3 aliphatic rings. The van der Waals surface area contributed by atoms with Crippen molar-refractivity contribution >= 4 is 45.9 Å². The first-order valence-corrected chi connectivity index (χ1v) is 22.1. The van der Waals surface area contributed by atoms with E-state index in [0.717, 1.165) is 52.9 Å². The Labute approximate surface area is 363 Å². The molecular weight excluding hydrogens is 809 g/mol. The zero-order chi connectivity index (χ0) is 43.8. The van der Waals surface area contributed by atoms with Crippen molar-refractivity contribution in [2.45, 2.75) is 96.1 Å². The van der Waals surface area contributed by atoms with Crippen LogP contribution >= 0.6 is 11.3 Å². The fourth-order valence-corrected chi connectivity index (χ4v) is 10.3. The summed E-state index contributed by atoms with van der Waals surface area (Å²) in [7, 11) is 0. The van der Waals surface area contributed by atoms with Gasteiger partial charge < -0.3 is 36.0 Å². The van der Waals surface area contributed by atoms with Crippen molar-refractivity contribution in [3.05, 3.63) is 83.2 Å². The van der Waals surface area contributed by atoms with Crippen molar-refractivity contribution in [1.82, 2.24) is 40.1 Å². The van der Waals surface area contributed by atoms with Crippen molar-refractivity contribution in [2.24, 2.45) is 11.8 Å². The molecule has 3 fully saturated rings. The number of nitrogens with zero attached hydrogens (tertiary/aromatic N) is 7. The Morgan fingerprint density at radius 2 is 1.77 bits per heavy atom. The van der Waals surface area contributed by atoms with Crippen LogP contribution in [0.25, 0.3) is 32.7 Å². The molecule has 0 radical (unpaired) electrons. The number of fused-ring (bicyclic) bond motifs is 3. The zero-order valence-corrected chi connectivity index (χ0v) is 36.1. The lowest BCUT2D eigenvalue weighted by Gasteiger charge is -2.39.